The Morgan fingerprint density at radius 1 is 1.32 bits per heavy atom. The number of anilines is 1. The highest BCUT2D eigenvalue weighted by Gasteiger charge is 2.25. The molecule has 3 rings (SSSR count). The second-order valence-corrected chi connectivity index (χ2v) is 6.84. The van der Waals surface area contributed by atoms with Crippen molar-refractivity contribution in [3.8, 4) is 11.5 Å². The summed E-state index contributed by atoms with van der Waals surface area (Å²) in [5, 5.41) is 5.11. The fourth-order valence-electron chi connectivity index (χ4n) is 2.79. The minimum Gasteiger partial charge on any atom is -0.491 e. The van der Waals surface area contributed by atoms with Crippen LogP contribution in [-0.2, 0) is 9.63 Å². The summed E-state index contributed by atoms with van der Waals surface area (Å²) in [6.45, 7) is 3.50. The van der Waals surface area contributed by atoms with Gasteiger partial charge in [-0.05, 0) is 42.8 Å². The number of carbonyl (C=O) groups excluding carboxylic acids is 1. The molecule has 1 aliphatic heterocycles. The lowest BCUT2D eigenvalue weighted by Gasteiger charge is -2.16. The molecule has 1 heterocycles. The first-order valence-corrected chi connectivity index (χ1v) is 9.37. The number of nitrogens with zero attached hydrogens (tertiary/aromatic N) is 1. The predicted molar refractivity (Wildman–Crippen MR) is 104 cm³/mol. The third-order valence-electron chi connectivity index (χ3n) is 4.03. The Bertz CT molecular complexity index is 803. The molecular weight excluding hydrogens is 387 g/mol. The Labute approximate surface area is 168 Å². The summed E-state index contributed by atoms with van der Waals surface area (Å²) < 4.78 is 24.9. The minimum absolute atomic E-state index is 0.0586. The standard InChI is InChI=1S/C20H22ClFN2O4/c1-14(25)23-19-8-5-16(22)11-20(19)26-10-2-9-24-12-18(13-27-24)28-17-6-3-15(21)4-7-17/h3-8,11,18H,2,9-10,12-13H2,1H3,(H,23,25). The van der Waals surface area contributed by atoms with Crippen LogP contribution in [0.4, 0.5) is 10.1 Å². The van der Waals surface area contributed by atoms with Crippen LogP contribution in [0.15, 0.2) is 42.5 Å². The normalized spacial score (nSPS) is 16.8. The molecule has 1 amide bonds. The smallest absolute Gasteiger partial charge is 0.221 e. The maximum atomic E-state index is 13.4. The minimum atomic E-state index is -0.422. The molecule has 28 heavy (non-hydrogen) atoms. The number of hydrogen-bond acceptors (Lipinski definition) is 5. The molecule has 0 spiro atoms. The van der Waals surface area contributed by atoms with E-state index in [-0.39, 0.29) is 12.0 Å². The summed E-state index contributed by atoms with van der Waals surface area (Å²) in [7, 11) is 0. The fourth-order valence-corrected chi connectivity index (χ4v) is 2.91. The highest BCUT2D eigenvalue weighted by molar-refractivity contribution is 6.30. The molecule has 6 nitrogen and oxygen atoms in total. The molecule has 1 unspecified atom stereocenters. The van der Waals surface area contributed by atoms with Crippen molar-refractivity contribution >= 4 is 23.2 Å². The topological polar surface area (TPSA) is 60.0 Å². The lowest BCUT2D eigenvalue weighted by Crippen LogP contribution is -2.26. The van der Waals surface area contributed by atoms with Gasteiger partial charge in [0.2, 0.25) is 5.91 Å². The van der Waals surface area contributed by atoms with E-state index in [1.165, 1.54) is 25.1 Å². The van der Waals surface area contributed by atoms with E-state index in [4.69, 9.17) is 25.9 Å². The first-order valence-electron chi connectivity index (χ1n) is 8.99. The van der Waals surface area contributed by atoms with Gasteiger partial charge in [-0.15, -0.1) is 0 Å². The van der Waals surface area contributed by atoms with Gasteiger partial charge in [-0.1, -0.05) is 11.6 Å². The van der Waals surface area contributed by atoms with Gasteiger partial charge in [-0.3, -0.25) is 9.63 Å². The molecule has 8 heteroatoms. The number of hydroxylamine groups is 2. The number of ether oxygens (including phenoxy) is 2. The average molecular weight is 409 g/mol. The molecule has 1 N–H and O–H groups in total. The molecule has 0 radical (unpaired) electrons. The Morgan fingerprint density at radius 2 is 2.11 bits per heavy atom. The van der Waals surface area contributed by atoms with Crippen LogP contribution in [0.5, 0.6) is 11.5 Å². The van der Waals surface area contributed by atoms with Gasteiger partial charge < -0.3 is 14.8 Å². The van der Waals surface area contributed by atoms with Gasteiger partial charge in [-0.25, -0.2) is 4.39 Å². The van der Waals surface area contributed by atoms with Crippen LogP contribution < -0.4 is 14.8 Å². The molecule has 0 bridgehead atoms. The SMILES string of the molecule is CC(=O)Nc1ccc(F)cc1OCCCN1CC(Oc2ccc(Cl)cc2)CO1. The van der Waals surface area contributed by atoms with E-state index in [1.54, 1.807) is 12.1 Å². The van der Waals surface area contributed by atoms with Crippen LogP contribution in [0.3, 0.4) is 0 Å². The lowest BCUT2D eigenvalue weighted by molar-refractivity contribution is -0.114. The predicted octanol–water partition coefficient (Wildman–Crippen LogP) is 3.90. The number of amides is 1. The van der Waals surface area contributed by atoms with E-state index in [2.05, 4.69) is 5.32 Å². The zero-order valence-electron chi connectivity index (χ0n) is 15.5. The highest BCUT2D eigenvalue weighted by atomic mass is 35.5. The van der Waals surface area contributed by atoms with Crippen LogP contribution in [0.1, 0.15) is 13.3 Å². The fraction of sp³-hybridized carbons (Fsp3) is 0.350. The second-order valence-electron chi connectivity index (χ2n) is 6.40. The van der Waals surface area contributed by atoms with Crippen molar-refractivity contribution in [2.75, 3.05) is 31.6 Å². The molecule has 0 saturated carbocycles. The van der Waals surface area contributed by atoms with E-state index in [0.717, 1.165) is 5.75 Å². The largest absolute Gasteiger partial charge is 0.491 e. The van der Waals surface area contributed by atoms with E-state index < -0.39 is 5.82 Å². The third kappa shape index (κ3) is 6.09. The molecule has 0 aromatic heterocycles. The zero-order valence-corrected chi connectivity index (χ0v) is 16.2. The second kappa shape index (κ2) is 9.73. The van der Waals surface area contributed by atoms with Crippen molar-refractivity contribution in [1.82, 2.24) is 5.06 Å². The van der Waals surface area contributed by atoms with Crippen molar-refractivity contribution in [3.63, 3.8) is 0 Å². The summed E-state index contributed by atoms with van der Waals surface area (Å²) in [5.74, 6) is 0.393. The Morgan fingerprint density at radius 3 is 2.86 bits per heavy atom. The zero-order chi connectivity index (χ0) is 19.9. The summed E-state index contributed by atoms with van der Waals surface area (Å²) in [4.78, 5) is 16.8. The lowest BCUT2D eigenvalue weighted by atomic mass is 10.2. The summed E-state index contributed by atoms with van der Waals surface area (Å²) >= 11 is 5.87. The summed E-state index contributed by atoms with van der Waals surface area (Å²) in [6.07, 6.45) is 0.612. The Balaban J connectivity index is 1.41. The van der Waals surface area contributed by atoms with Crippen LogP contribution in [0.2, 0.25) is 5.02 Å². The van der Waals surface area contributed by atoms with Crippen LogP contribution in [0, 0.1) is 5.82 Å². The monoisotopic (exact) mass is 408 g/mol. The molecule has 2 aromatic rings. The maximum absolute atomic E-state index is 13.4. The van der Waals surface area contributed by atoms with Gasteiger partial charge in [0.1, 0.15) is 30.0 Å². The number of carbonyl (C=O) groups is 1. The van der Waals surface area contributed by atoms with E-state index in [0.29, 0.717) is 49.2 Å². The quantitative estimate of drug-likeness (QED) is 0.671. The molecule has 0 aliphatic carbocycles. The van der Waals surface area contributed by atoms with Crippen molar-refractivity contribution in [2.45, 2.75) is 19.4 Å². The van der Waals surface area contributed by atoms with Gasteiger partial charge in [0.25, 0.3) is 0 Å². The number of rotatable bonds is 8. The van der Waals surface area contributed by atoms with Gasteiger partial charge in [-0.2, -0.15) is 5.06 Å². The maximum Gasteiger partial charge on any atom is 0.221 e. The van der Waals surface area contributed by atoms with Crippen LogP contribution in [-0.4, -0.2) is 43.4 Å². The van der Waals surface area contributed by atoms with Gasteiger partial charge >= 0.3 is 0 Å². The first-order chi connectivity index (χ1) is 13.5. The Kier molecular flexibility index (Phi) is 7.08. The molecule has 1 fully saturated rings. The van der Waals surface area contributed by atoms with E-state index in [9.17, 15) is 9.18 Å². The molecule has 1 aliphatic rings. The molecule has 2 aromatic carbocycles. The van der Waals surface area contributed by atoms with Crippen LogP contribution >= 0.6 is 11.6 Å². The number of halogens is 2. The van der Waals surface area contributed by atoms with Gasteiger partial charge in [0, 0.05) is 24.6 Å². The highest BCUT2D eigenvalue weighted by Crippen LogP contribution is 2.25. The van der Waals surface area contributed by atoms with Crippen molar-refractivity contribution < 1.29 is 23.5 Å². The summed E-state index contributed by atoms with van der Waals surface area (Å²) in [5.41, 5.74) is 0.447. The van der Waals surface area contributed by atoms with E-state index in [1.807, 2.05) is 17.2 Å². The number of benzene rings is 2. The Hall–Kier alpha value is -2.35. The van der Waals surface area contributed by atoms with Crippen molar-refractivity contribution in [3.05, 3.63) is 53.3 Å². The van der Waals surface area contributed by atoms with Crippen molar-refractivity contribution in [1.29, 1.82) is 0 Å². The summed E-state index contributed by atoms with van der Waals surface area (Å²) in [6, 6.07) is 11.2. The number of hydrogen-bond donors (Lipinski definition) is 1. The van der Waals surface area contributed by atoms with Crippen LogP contribution in [0.25, 0.3) is 0 Å². The molecule has 150 valence electrons. The van der Waals surface area contributed by atoms with Gasteiger partial charge in [0.05, 0.1) is 18.8 Å². The van der Waals surface area contributed by atoms with E-state index >= 15 is 0 Å². The molecule has 1 saturated heterocycles. The average Bonchev–Trinajstić information content (AvgIpc) is 3.10. The third-order valence-corrected chi connectivity index (χ3v) is 4.28. The molecular formula is C20H22ClFN2O4. The van der Waals surface area contributed by atoms with Gasteiger partial charge in [0.15, 0.2) is 0 Å². The molecule has 1 atom stereocenters. The van der Waals surface area contributed by atoms with Crippen molar-refractivity contribution in [2.24, 2.45) is 0 Å². The first kappa shape index (κ1) is 20.4. The number of nitrogens with one attached hydrogen (secondary N) is 1.